The van der Waals surface area contributed by atoms with E-state index >= 15 is 0 Å². The van der Waals surface area contributed by atoms with E-state index in [1.165, 1.54) is 70.6 Å². The Labute approximate surface area is 199 Å². The summed E-state index contributed by atoms with van der Waals surface area (Å²) in [6.45, 7) is 2.25. The largest absolute Gasteiger partial charge is 2.00 e. The van der Waals surface area contributed by atoms with Crippen molar-refractivity contribution in [1.82, 2.24) is 0 Å². The van der Waals surface area contributed by atoms with Gasteiger partial charge in [0.2, 0.25) is 0 Å². The molecule has 8 heteroatoms. The van der Waals surface area contributed by atoms with Crippen LogP contribution >= 0.6 is 0 Å². The monoisotopic (exact) mass is 416 g/mol. The fourth-order valence-electron chi connectivity index (χ4n) is 2.80. The molecule has 0 unspecified atom stereocenters. The molecule has 0 bridgehead atoms. The van der Waals surface area contributed by atoms with Gasteiger partial charge < -0.3 is 9.89 Å². The average molecular weight is 417 g/mol. The van der Waals surface area contributed by atoms with E-state index in [0.717, 1.165) is 19.3 Å². The van der Waals surface area contributed by atoms with Crippen LogP contribution in [0, 0.1) is 0 Å². The minimum Gasteiger partial charge on any atom is -1.00 e. The maximum atomic E-state index is 11.0. The molecule has 5 nitrogen and oxygen atoms in total. The molecule has 0 aromatic carbocycles. The van der Waals surface area contributed by atoms with E-state index < -0.39 is 16.4 Å². The Morgan fingerprint density at radius 1 is 0.731 bits per heavy atom. The van der Waals surface area contributed by atoms with E-state index in [9.17, 15) is 13.2 Å². The van der Waals surface area contributed by atoms with Crippen molar-refractivity contribution in [2.24, 2.45) is 0 Å². The summed E-state index contributed by atoms with van der Waals surface area (Å²) in [5.74, 6) is -0.882. The van der Waals surface area contributed by atoms with E-state index in [-0.39, 0.29) is 58.2 Å². The van der Waals surface area contributed by atoms with Crippen LogP contribution in [0.15, 0.2) is 0 Å². The molecule has 0 spiro atoms. The number of rotatable bonds is 17. The topological polar surface area (TPSA) is 80.7 Å². The standard InChI is InChI=1S/C18H36O5S.2Mg.4H/c1-2-3-4-5-6-7-8-9-10-11-12-13-14-15-16-17-18(19)23-24(20,21)22;;;;;;/h2-17H2,1H3,(H,20,21,22);;;;;;/q;2*+2;4*-1. The third kappa shape index (κ3) is 27.1. The van der Waals surface area contributed by atoms with Crippen LogP contribution in [0.1, 0.15) is 115 Å². The second-order valence-electron chi connectivity index (χ2n) is 6.58. The molecular formula is C18H40Mg2O5S. The van der Waals surface area contributed by atoms with Crippen molar-refractivity contribution >= 4 is 62.5 Å². The smallest absolute Gasteiger partial charge is 1.00 e. The Balaban J connectivity index is -0.000000176. The number of hydrogen-bond donors (Lipinski definition) is 1. The van der Waals surface area contributed by atoms with E-state index in [0.29, 0.717) is 6.42 Å². The molecule has 0 amide bonds. The Bertz CT molecular complexity index is 419. The van der Waals surface area contributed by atoms with Gasteiger partial charge in [0.25, 0.3) is 0 Å². The quantitative estimate of drug-likeness (QED) is 0.198. The van der Waals surface area contributed by atoms with Crippen LogP contribution in [0.5, 0.6) is 0 Å². The molecule has 0 saturated heterocycles. The van der Waals surface area contributed by atoms with Crippen LogP contribution in [0.2, 0.25) is 0 Å². The molecule has 0 aliphatic rings. The van der Waals surface area contributed by atoms with Gasteiger partial charge in [0.15, 0.2) is 0 Å². The van der Waals surface area contributed by atoms with Gasteiger partial charge >= 0.3 is 62.5 Å². The Morgan fingerprint density at radius 3 is 1.35 bits per heavy atom. The van der Waals surface area contributed by atoms with Gasteiger partial charge in [-0.05, 0) is 6.42 Å². The average Bonchev–Trinajstić information content (AvgIpc) is 2.49. The van der Waals surface area contributed by atoms with Crippen LogP contribution in [0.25, 0.3) is 0 Å². The van der Waals surface area contributed by atoms with Gasteiger partial charge in [-0.2, -0.15) is 8.42 Å². The molecule has 152 valence electrons. The van der Waals surface area contributed by atoms with Crippen LogP contribution in [-0.4, -0.2) is 65.0 Å². The number of unbranched alkanes of at least 4 members (excludes halogenated alkanes) is 14. The first kappa shape index (κ1) is 31.6. The zero-order valence-electron chi connectivity index (χ0n) is 20.7. The summed E-state index contributed by atoms with van der Waals surface area (Å²) in [6.07, 6.45) is 18.5. The number of hydrogen-bond acceptors (Lipinski definition) is 4. The molecular weight excluding hydrogens is 377 g/mol. The first-order valence-corrected chi connectivity index (χ1v) is 11.0. The molecule has 0 fully saturated rings. The van der Waals surface area contributed by atoms with Crippen LogP contribution in [0.4, 0.5) is 0 Å². The normalized spacial score (nSPS) is 10.7. The van der Waals surface area contributed by atoms with Crippen molar-refractivity contribution in [1.29, 1.82) is 0 Å². The predicted molar refractivity (Wildman–Crippen MR) is 113 cm³/mol. The molecule has 1 N–H and O–H groups in total. The Morgan fingerprint density at radius 2 is 1.04 bits per heavy atom. The van der Waals surface area contributed by atoms with E-state index in [2.05, 4.69) is 11.1 Å². The predicted octanol–water partition coefficient (Wildman–Crippen LogP) is 5.28. The molecule has 0 aromatic heterocycles. The third-order valence-electron chi connectivity index (χ3n) is 4.18. The minimum absolute atomic E-state index is 0. The molecule has 0 rings (SSSR count). The molecule has 0 saturated carbocycles. The number of carbonyl (C=O) groups excluding carboxylic acids is 1. The zero-order valence-corrected chi connectivity index (χ0v) is 20.4. The Kier molecular flexibility index (Phi) is 27.0. The van der Waals surface area contributed by atoms with Crippen molar-refractivity contribution < 1.29 is 27.7 Å². The second kappa shape index (κ2) is 22.2. The SMILES string of the molecule is CCCCCCCCCCCCCCCCCC(=O)OS(=O)(=O)O.[H-].[H-].[H-].[H-].[Mg+2].[Mg+2]. The van der Waals surface area contributed by atoms with Crippen molar-refractivity contribution in [2.75, 3.05) is 0 Å². The molecule has 0 aliphatic heterocycles. The van der Waals surface area contributed by atoms with Gasteiger partial charge in [-0.15, -0.1) is 0 Å². The molecule has 0 aliphatic carbocycles. The number of carbonyl (C=O) groups is 1. The van der Waals surface area contributed by atoms with Crippen molar-refractivity contribution in [2.45, 2.75) is 110 Å². The minimum atomic E-state index is -4.64. The fourth-order valence-corrected chi connectivity index (χ4v) is 3.12. The molecule has 0 aromatic rings. The molecule has 0 atom stereocenters. The summed E-state index contributed by atoms with van der Waals surface area (Å²) in [4.78, 5) is 11.0. The fraction of sp³-hybridized carbons (Fsp3) is 0.944. The summed E-state index contributed by atoms with van der Waals surface area (Å²) in [5.41, 5.74) is 0. The van der Waals surface area contributed by atoms with E-state index in [1.807, 2.05) is 0 Å². The van der Waals surface area contributed by atoms with Crippen LogP contribution in [-0.2, 0) is 19.4 Å². The summed E-state index contributed by atoms with van der Waals surface area (Å²) in [6, 6.07) is 0. The van der Waals surface area contributed by atoms with Gasteiger partial charge in [0.05, 0.1) is 0 Å². The summed E-state index contributed by atoms with van der Waals surface area (Å²) in [5, 5.41) is 0. The van der Waals surface area contributed by atoms with Crippen molar-refractivity contribution in [3.63, 3.8) is 0 Å². The molecule has 0 radical (unpaired) electrons. The van der Waals surface area contributed by atoms with E-state index in [1.54, 1.807) is 0 Å². The van der Waals surface area contributed by atoms with Crippen molar-refractivity contribution in [3.8, 4) is 0 Å². The zero-order chi connectivity index (χ0) is 18.1. The maximum Gasteiger partial charge on any atom is 2.00 e. The second-order valence-corrected chi connectivity index (χ2v) is 7.60. The Hall–Kier alpha value is 0.912. The summed E-state index contributed by atoms with van der Waals surface area (Å²) in [7, 11) is -4.64. The molecule has 0 heterocycles. The van der Waals surface area contributed by atoms with E-state index in [4.69, 9.17) is 4.55 Å². The van der Waals surface area contributed by atoms with Gasteiger partial charge in [0, 0.05) is 6.42 Å². The molecule has 26 heavy (non-hydrogen) atoms. The van der Waals surface area contributed by atoms with Gasteiger partial charge in [-0.1, -0.05) is 96.8 Å². The van der Waals surface area contributed by atoms with Gasteiger partial charge in [-0.25, -0.2) is 0 Å². The third-order valence-corrected chi connectivity index (χ3v) is 4.58. The first-order valence-electron chi connectivity index (χ1n) is 9.65. The van der Waals surface area contributed by atoms with Crippen molar-refractivity contribution in [3.05, 3.63) is 0 Å². The van der Waals surface area contributed by atoms with Gasteiger partial charge in [0.1, 0.15) is 0 Å². The summed E-state index contributed by atoms with van der Waals surface area (Å²) < 4.78 is 32.8. The van der Waals surface area contributed by atoms with Gasteiger partial charge in [-0.3, -0.25) is 9.35 Å². The maximum absolute atomic E-state index is 11.0. The van der Waals surface area contributed by atoms with Crippen LogP contribution in [0.3, 0.4) is 0 Å². The first-order chi connectivity index (χ1) is 11.5. The summed E-state index contributed by atoms with van der Waals surface area (Å²) >= 11 is 0. The van der Waals surface area contributed by atoms with Crippen LogP contribution < -0.4 is 0 Å².